The molecule has 1 aromatic heterocycles. The molecule has 4 nitrogen and oxygen atoms in total. The van der Waals surface area contributed by atoms with Crippen LogP contribution in [-0.4, -0.2) is 22.6 Å². The number of nitrogens with one attached hydrogen (secondary N) is 1. The van der Waals surface area contributed by atoms with Gasteiger partial charge in [-0.3, -0.25) is 4.79 Å². The number of nitrogens with zero attached hydrogens (tertiary/aromatic N) is 1. The molecule has 0 saturated heterocycles. The van der Waals surface area contributed by atoms with Gasteiger partial charge < -0.3 is 10.4 Å². The van der Waals surface area contributed by atoms with Crippen molar-refractivity contribution in [1.29, 1.82) is 0 Å². The van der Waals surface area contributed by atoms with Gasteiger partial charge in [0.15, 0.2) is 0 Å². The third kappa shape index (κ3) is 3.23. The van der Waals surface area contributed by atoms with Crippen LogP contribution in [0.3, 0.4) is 0 Å². The zero-order chi connectivity index (χ0) is 14.5. The van der Waals surface area contributed by atoms with Gasteiger partial charge in [0.1, 0.15) is 4.88 Å². The molecule has 0 aliphatic rings. The molecule has 1 heterocycles. The van der Waals surface area contributed by atoms with Gasteiger partial charge in [0.25, 0.3) is 5.91 Å². The summed E-state index contributed by atoms with van der Waals surface area (Å²) in [7, 11) is 0. The van der Waals surface area contributed by atoms with Crippen LogP contribution < -0.4 is 5.32 Å². The average Bonchev–Trinajstić information content (AvgIpc) is 2.91. The topological polar surface area (TPSA) is 62.2 Å². The van der Waals surface area contributed by atoms with E-state index in [1.165, 1.54) is 16.9 Å². The largest absolute Gasteiger partial charge is 0.394 e. The average molecular weight is 290 g/mol. The van der Waals surface area contributed by atoms with Gasteiger partial charge in [0, 0.05) is 0 Å². The number of aliphatic hydroxyl groups is 1. The van der Waals surface area contributed by atoms with Crippen molar-refractivity contribution in [3.63, 3.8) is 0 Å². The summed E-state index contributed by atoms with van der Waals surface area (Å²) < 4.78 is 0. The fourth-order valence-electron chi connectivity index (χ4n) is 1.96. The fraction of sp³-hybridized carbons (Fsp3) is 0.333. The summed E-state index contributed by atoms with van der Waals surface area (Å²) in [6, 6.07) is 7.53. The summed E-state index contributed by atoms with van der Waals surface area (Å²) in [6.07, 6.45) is 0.969. The maximum Gasteiger partial charge on any atom is 0.263 e. The van der Waals surface area contributed by atoms with Crippen molar-refractivity contribution in [3.05, 3.63) is 51.5 Å². The Hall–Kier alpha value is -1.72. The number of aryl methyl sites for hydroxylation is 2. The molecule has 1 aromatic carbocycles. The van der Waals surface area contributed by atoms with Gasteiger partial charge in [0.05, 0.1) is 23.9 Å². The Balaban J connectivity index is 2.12. The van der Waals surface area contributed by atoms with E-state index in [0.717, 1.165) is 12.0 Å². The molecule has 0 radical (unpaired) electrons. The molecule has 1 amide bonds. The van der Waals surface area contributed by atoms with Crippen molar-refractivity contribution in [1.82, 2.24) is 10.3 Å². The van der Waals surface area contributed by atoms with Crippen molar-refractivity contribution in [2.45, 2.75) is 26.3 Å². The normalized spacial score (nSPS) is 12.2. The number of aromatic nitrogens is 1. The minimum absolute atomic E-state index is 0.130. The molecule has 5 heteroatoms. The molecule has 2 aromatic rings. The lowest BCUT2D eigenvalue weighted by molar-refractivity contribution is 0.0919. The second-order valence-corrected chi connectivity index (χ2v) is 5.43. The highest BCUT2D eigenvalue weighted by Crippen LogP contribution is 2.17. The first kappa shape index (κ1) is 14.7. The Morgan fingerprint density at radius 1 is 1.40 bits per heavy atom. The van der Waals surface area contributed by atoms with Gasteiger partial charge >= 0.3 is 0 Å². The Morgan fingerprint density at radius 3 is 2.60 bits per heavy atom. The van der Waals surface area contributed by atoms with Crippen molar-refractivity contribution in [3.8, 4) is 0 Å². The molecule has 106 valence electrons. The summed E-state index contributed by atoms with van der Waals surface area (Å²) in [4.78, 5) is 16.8. The minimum Gasteiger partial charge on any atom is -0.394 e. The molecule has 2 N–H and O–H groups in total. The Bertz CT molecular complexity index is 578. The van der Waals surface area contributed by atoms with E-state index in [4.69, 9.17) is 0 Å². The highest BCUT2D eigenvalue weighted by molar-refractivity contribution is 7.11. The van der Waals surface area contributed by atoms with Gasteiger partial charge in [0.2, 0.25) is 0 Å². The predicted octanol–water partition coefficient (Wildman–Crippen LogP) is 2.48. The van der Waals surface area contributed by atoms with E-state index >= 15 is 0 Å². The van der Waals surface area contributed by atoms with E-state index in [2.05, 4.69) is 17.2 Å². The highest BCUT2D eigenvalue weighted by atomic mass is 32.1. The molecule has 0 bridgehead atoms. The molecule has 2 rings (SSSR count). The predicted molar refractivity (Wildman–Crippen MR) is 80.0 cm³/mol. The van der Waals surface area contributed by atoms with Crippen LogP contribution in [0.2, 0.25) is 0 Å². The number of aliphatic hydroxyl groups excluding tert-OH is 1. The smallest absolute Gasteiger partial charge is 0.263 e. The first-order chi connectivity index (χ1) is 9.65. The molecule has 20 heavy (non-hydrogen) atoms. The SMILES string of the molecule is CCc1ccc(C(CO)NC(=O)c2scnc2C)cc1. The van der Waals surface area contributed by atoms with E-state index in [-0.39, 0.29) is 12.5 Å². The number of thiazole rings is 1. The van der Waals surface area contributed by atoms with Gasteiger partial charge in [-0.25, -0.2) is 4.98 Å². The van der Waals surface area contributed by atoms with Gasteiger partial charge in [-0.2, -0.15) is 0 Å². The van der Waals surface area contributed by atoms with Crippen molar-refractivity contribution >= 4 is 17.2 Å². The number of hydrogen-bond acceptors (Lipinski definition) is 4. The summed E-state index contributed by atoms with van der Waals surface area (Å²) in [5, 5.41) is 12.3. The lowest BCUT2D eigenvalue weighted by Crippen LogP contribution is -2.30. The molecule has 0 aliphatic carbocycles. The number of carbonyl (C=O) groups excluding carboxylic acids is 1. The van der Waals surface area contributed by atoms with Crippen LogP contribution in [0, 0.1) is 6.92 Å². The second-order valence-electron chi connectivity index (χ2n) is 4.57. The Kier molecular flexibility index (Phi) is 4.87. The maximum atomic E-state index is 12.1. The number of amides is 1. The molecule has 1 atom stereocenters. The Morgan fingerprint density at radius 2 is 2.10 bits per heavy atom. The van der Waals surface area contributed by atoms with E-state index in [1.54, 1.807) is 12.4 Å². The van der Waals surface area contributed by atoms with Crippen LogP contribution in [0.25, 0.3) is 0 Å². The summed E-state index contributed by atoms with van der Waals surface area (Å²) >= 11 is 1.31. The standard InChI is InChI=1S/C15H18N2O2S/c1-3-11-4-6-12(7-5-11)13(8-18)17-15(19)14-10(2)16-9-20-14/h4-7,9,13,18H,3,8H2,1-2H3,(H,17,19). The lowest BCUT2D eigenvalue weighted by Gasteiger charge is -2.16. The first-order valence-electron chi connectivity index (χ1n) is 6.56. The Labute approximate surface area is 122 Å². The van der Waals surface area contributed by atoms with Crippen LogP contribution in [0.15, 0.2) is 29.8 Å². The number of hydrogen-bond donors (Lipinski definition) is 2. The number of carbonyl (C=O) groups is 1. The van der Waals surface area contributed by atoms with E-state index in [1.807, 2.05) is 24.3 Å². The van der Waals surface area contributed by atoms with Crippen LogP contribution in [0.5, 0.6) is 0 Å². The van der Waals surface area contributed by atoms with Gasteiger partial charge in [-0.05, 0) is 24.5 Å². The number of benzene rings is 1. The monoisotopic (exact) mass is 290 g/mol. The highest BCUT2D eigenvalue weighted by Gasteiger charge is 2.17. The van der Waals surface area contributed by atoms with Crippen LogP contribution in [0.1, 0.15) is 39.5 Å². The molecule has 0 spiro atoms. The van der Waals surface area contributed by atoms with Gasteiger partial charge in [-0.15, -0.1) is 11.3 Å². The quantitative estimate of drug-likeness (QED) is 0.889. The third-order valence-electron chi connectivity index (χ3n) is 3.23. The number of rotatable bonds is 5. The molecule has 1 unspecified atom stereocenters. The van der Waals surface area contributed by atoms with Crippen molar-refractivity contribution < 1.29 is 9.90 Å². The summed E-state index contributed by atoms with van der Waals surface area (Å²) in [5.41, 5.74) is 4.50. The molecule has 0 fully saturated rings. The van der Waals surface area contributed by atoms with Crippen molar-refractivity contribution in [2.75, 3.05) is 6.61 Å². The van der Waals surface area contributed by atoms with Gasteiger partial charge in [-0.1, -0.05) is 31.2 Å². The minimum atomic E-state index is -0.394. The fourth-order valence-corrected chi connectivity index (χ4v) is 2.67. The zero-order valence-electron chi connectivity index (χ0n) is 11.6. The van der Waals surface area contributed by atoms with E-state index in [9.17, 15) is 9.90 Å². The molecular formula is C15H18N2O2S. The van der Waals surface area contributed by atoms with Crippen LogP contribution in [0.4, 0.5) is 0 Å². The first-order valence-corrected chi connectivity index (χ1v) is 7.44. The second kappa shape index (κ2) is 6.63. The molecule has 0 saturated carbocycles. The van der Waals surface area contributed by atoms with Crippen molar-refractivity contribution in [2.24, 2.45) is 0 Å². The molecular weight excluding hydrogens is 272 g/mol. The third-order valence-corrected chi connectivity index (χ3v) is 4.16. The summed E-state index contributed by atoms with van der Waals surface area (Å²) in [6.45, 7) is 3.76. The summed E-state index contributed by atoms with van der Waals surface area (Å²) in [5.74, 6) is -0.191. The lowest BCUT2D eigenvalue weighted by atomic mass is 10.0. The van der Waals surface area contributed by atoms with E-state index < -0.39 is 6.04 Å². The maximum absolute atomic E-state index is 12.1. The van der Waals surface area contributed by atoms with Crippen LogP contribution >= 0.6 is 11.3 Å². The zero-order valence-corrected chi connectivity index (χ0v) is 12.4. The van der Waals surface area contributed by atoms with Crippen LogP contribution in [-0.2, 0) is 6.42 Å². The molecule has 0 aliphatic heterocycles. The van der Waals surface area contributed by atoms with E-state index in [0.29, 0.717) is 10.6 Å².